The number of hydrogen-bond acceptors (Lipinski definition) is 5. The van der Waals surface area contributed by atoms with Crippen molar-refractivity contribution >= 4 is 15.5 Å². The fourth-order valence-corrected chi connectivity index (χ4v) is 2.13. The largest absolute Gasteiger partial charge is 0.508 e. The second kappa shape index (κ2) is 5.27. The predicted molar refractivity (Wildman–Crippen MR) is 72.8 cm³/mol. The van der Waals surface area contributed by atoms with Gasteiger partial charge in [0.05, 0.1) is 11.9 Å². The smallest absolute Gasteiger partial charge is 0.192 e. The monoisotopic (exact) mass is 278 g/mol. The number of nitrogens with one attached hydrogen (secondary N) is 1. The third-order valence-corrected chi connectivity index (χ3v) is 3.52. The Morgan fingerprint density at radius 1 is 1.26 bits per heavy atom. The average molecular weight is 278 g/mol. The summed E-state index contributed by atoms with van der Waals surface area (Å²) < 4.78 is 22.5. The van der Waals surface area contributed by atoms with Gasteiger partial charge in [-0.2, -0.15) is 0 Å². The summed E-state index contributed by atoms with van der Waals surface area (Å²) in [5, 5.41) is 12.5. The van der Waals surface area contributed by atoms with Gasteiger partial charge in [0.15, 0.2) is 14.9 Å². The van der Waals surface area contributed by atoms with Crippen LogP contribution in [0.2, 0.25) is 0 Å². The van der Waals surface area contributed by atoms with Gasteiger partial charge in [-0.1, -0.05) is 12.1 Å². The Morgan fingerprint density at radius 3 is 2.63 bits per heavy atom. The van der Waals surface area contributed by atoms with Gasteiger partial charge in [-0.3, -0.25) is 0 Å². The maximum Gasteiger partial charge on any atom is 0.192 e. The summed E-state index contributed by atoms with van der Waals surface area (Å²) >= 11 is 0. The fourth-order valence-electron chi connectivity index (χ4n) is 1.57. The van der Waals surface area contributed by atoms with E-state index < -0.39 is 9.84 Å². The van der Waals surface area contributed by atoms with Crippen LogP contribution in [0.1, 0.15) is 5.56 Å². The average Bonchev–Trinajstić information content (AvgIpc) is 2.36. The molecule has 100 valence electrons. The van der Waals surface area contributed by atoms with Crippen LogP contribution in [-0.2, 0) is 16.4 Å². The minimum Gasteiger partial charge on any atom is -0.508 e. The number of phenols is 1. The molecule has 0 unspecified atom stereocenters. The summed E-state index contributed by atoms with van der Waals surface area (Å²) in [4.78, 5) is 3.88. The topological polar surface area (TPSA) is 79.3 Å². The lowest BCUT2D eigenvalue weighted by Gasteiger charge is -2.07. The lowest BCUT2D eigenvalue weighted by molar-refractivity contribution is 0.474. The molecule has 0 fully saturated rings. The van der Waals surface area contributed by atoms with Crippen molar-refractivity contribution in [3.8, 4) is 5.75 Å². The van der Waals surface area contributed by atoms with Crippen molar-refractivity contribution in [2.45, 2.75) is 11.6 Å². The number of hydrogen-bond donors (Lipinski definition) is 2. The maximum atomic E-state index is 11.3. The number of anilines is 1. The highest BCUT2D eigenvalue weighted by atomic mass is 32.2. The van der Waals surface area contributed by atoms with Crippen LogP contribution in [0.5, 0.6) is 5.75 Å². The van der Waals surface area contributed by atoms with Gasteiger partial charge in [0.1, 0.15) is 5.75 Å². The second-order valence-electron chi connectivity index (χ2n) is 4.18. The van der Waals surface area contributed by atoms with Crippen molar-refractivity contribution in [3.05, 3.63) is 48.2 Å². The fraction of sp³-hybridized carbons (Fsp3) is 0.154. The first kappa shape index (κ1) is 13.4. The van der Waals surface area contributed by atoms with Gasteiger partial charge in [-0.25, -0.2) is 13.4 Å². The van der Waals surface area contributed by atoms with Gasteiger partial charge in [0.25, 0.3) is 0 Å². The third-order valence-electron chi connectivity index (χ3n) is 2.52. The molecule has 19 heavy (non-hydrogen) atoms. The Hall–Kier alpha value is -2.08. The molecule has 0 saturated carbocycles. The zero-order chi connectivity index (χ0) is 13.9. The minimum absolute atomic E-state index is 0.0513. The van der Waals surface area contributed by atoms with Crippen molar-refractivity contribution < 1.29 is 13.5 Å². The van der Waals surface area contributed by atoms with Crippen molar-refractivity contribution in [2.75, 3.05) is 11.6 Å². The van der Waals surface area contributed by atoms with Gasteiger partial charge in [0.2, 0.25) is 0 Å². The summed E-state index contributed by atoms with van der Waals surface area (Å²) in [6.45, 7) is 0.522. The van der Waals surface area contributed by atoms with Crippen molar-refractivity contribution in [3.63, 3.8) is 0 Å². The van der Waals surface area contributed by atoms with Crippen LogP contribution < -0.4 is 5.32 Å². The van der Waals surface area contributed by atoms with Crippen LogP contribution >= 0.6 is 0 Å². The number of nitrogens with zero attached hydrogens (tertiary/aromatic N) is 1. The van der Waals surface area contributed by atoms with Gasteiger partial charge < -0.3 is 10.4 Å². The van der Waals surface area contributed by atoms with Crippen molar-refractivity contribution in [1.29, 1.82) is 0 Å². The molecule has 0 saturated heterocycles. The van der Waals surface area contributed by atoms with Gasteiger partial charge in [-0.15, -0.1) is 0 Å². The zero-order valence-electron chi connectivity index (χ0n) is 10.4. The first-order chi connectivity index (χ1) is 8.95. The number of pyridine rings is 1. The molecule has 0 aliphatic carbocycles. The SMILES string of the molecule is CS(=O)(=O)c1ccc(NCc2cccc(O)c2)cn1. The highest BCUT2D eigenvalue weighted by molar-refractivity contribution is 7.90. The predicted octanol–water partition coefficient (Wildman–Crippen LogP) is 1.80. The summed E-state index contributed by atoms with van der Waals surface area (Å²) in [5.41, 5.74) is 1.64. The molecule has 0 aliphatic heterocycles. The first-order valence-corrected chi connectivity index (χ1v) is 7.52. The van der Waals surface area contributed by atoms with E-state index in [0.717, 1.165) is 17.5 Å². The molecule has 1 aromatic carbocycles. The molecule has 0 spiro atoms. The molecule has 2 rings (SSSR count). The summed E-state index contributed by atoms with van der Waals surface area (Å²) in [7, 11) is -3.26. The van der Waals surface area contributed by atoms with Gasteiger partial charge >= 0.3 is 0 Å². The summed E-state index contributed by atoms with van der Waals surface area (Å²) in [5.74, 6) is 0.213. The number of phenolic OH excluding ortho intramolecular Hbond substituents is 1. The summed E-state index contributed by atoms with van der Waals surface area (Å²) in [6.07, 6.45) is 2.59. The molecule has 0 amide bonds. The molecule has 0 radical (unpaired) electrons. The Kier molecular flexibility index (Phi) is 3.71. The van der Waals surface area contributed by atoms with E-state index in [4.69, 9.17) is 0 Å². The van der Waals surface area contributed by atoms with E-state index >= 15 is 0 Å². The van der Waals surface area contributed by atoms with E-state index in [0.29, 0.717) is 6.54 Å². The molecule has 0 atom stereocenters. The van der Waals surface area contributed by atoms with Crippen LogP contribution in [0.3, 0.4) is 0 Å². The maximum absolute atomic E-state index is 11.3. The van der Waals surface area contributed by atoms with Crippen LogP contribution in [0, 0.1) is 0 Å². The number of rotatable bonds is 4. The molecule has 6 heteroatoms. The van der Waals surface area contributed by atoms with Crippen molar-refractivity contribution in [2.24, 2.45) is 0 Å². The zero-order valence-corrected chi connectivity index (χ0v) is 11.2. The minimum atomic E-state index is -3.26. The standard InChI is InChI=1S/C13H14N2O3S/c1-19(17,18)13-6-5-11(9-15-13)14-8-10-3-2-4-12(16)7-10/h2-7,9,14,16H,8H2,1H3. The molecule has 0 aliphatic rings. The van der Waals surface area contributed by atoms with Crippen LogP contribution in [0.15, 0.2) is 47.6 Å². The van der Waals surface area contributed by atoms with E-state index in [-0.39, 0.29) is 10.8 Å². The Labute approximate surface area is 111 Å². The number of benzene rings is 1. The first-order valence-electron chi connectivity index (χ1n) is 5.63. The highest BCUT2D eigenvalue weighted by Gasteiger charge is 2.07. The lowest BCUT2D eigenvalue weighted by Crippen LogP contribution is -2.03. The highest BCUT2D eigenvalue weighted by Crippen LogP contribution is 2.14. The van der Waals surface area contributed by atoms with Crippen LogP contribution in [-0.4, -0.2) is 24.8 Å². The molecule has 5 nitrogen and oxygen atoms in total. The molecular formula is C13H14N2O3S. The quantitative estimate of drug-likeness (QED) is 0.891. The Bertz CT molecular complexity index is 667. The van der Waals surface area contributed by atoms with E-state index in [1.165, 1.54) is 12.3 Å². The second-order valence-corrected chi connectivity index (χ2v) is 6.14. The molecular weight excluding hydrogens is 264 g/mol. The molecule has 0 bridgehead atoms. The van der Waals surface area contributed by atoms with E-state index in [2.05, 4.69) is 10.3 Å². The van der Waals surface area contributed by atoms with Crippen LogP contribution in [0.4, 0.5) is 5.69 Å². The van der Waals surface area contributed by atoms with Gasteiger partial charge in [-0.05, 0) is 29.8 Å². The summed E-state index contributed by atoms with van der Waals surface area (Å²) in [6, 6.07) is 10.0. The van der Waals surface area contributed by atoms with Gasteiger partial charge in [0, 0.05) is 12.8 Å². The van der Waals surface area contributed by atoms with E-state index in [1.807, 2.05) is 6.07 Å². The normalized spacial score (nSPS) is 11.2. The van der Waals surface area contributed by atoms with Crippen LogP contribution in [0.25, 0.3) is 0 Å². The lowest BCUT2D eigenvalue weighted by atomic mass is 10.2. The molecule has 2 aromatic rings. The third kappa shape index (κ3) is 3.69. The number of sulfone groups is 1. The number of aromatic hydroxyl groups is 1. The van der Waals surface area contributed by atoms with E-state index in [9.17, 15) is 13.5 Å². The molecule has 1 heterocycles. The molecule has 1 aromatic heterocycles. The number of aromatic nitrogens is 1. The van der Waals surface area contributed by atoms with E-state index in [1.54, 1.807) is 24.3 Å². The van der Waals surface area contributed by atoms with Crippen molar-refractivity contribution in [1.82, 2.24) is 4.98 Å². The Morgan fingerprint density at radius 2 is 2.05 bits per heavy atom. The Balaban J connectivity index is 2.05. The molecule has 2 N–H and O–H groups in total.